The largest absolute Gasteiger partial charge is 0.479 e. The SMILES string of the molecule is C[C@H]1Oc2ccc(NC(=O)CN3CSCC3=O)cc2NC1=O. The molecule has 2 heterocycles. The molecule has 116 valence electrons. The van der Waals surface area contributed by atoms with Crippen LogP contribution < -0.4 is 15.4 Å². The Morgan fingerprint density at radius 1 is 1.50 bits per heavy atom. The zero-order valence-electron chi connectivity index (χ0n) is 11.9. The maximum Gasteiger partial charge on any atom is 0.265 e. The van der Waals surface area contributed by atoms with Gasteiger partial charge in [0.15, 0.2) is 6.10 Å². The summed E-state index contributed by atoms with van der Waals surface area (Å²) in [5, 5.41) is 5.44. The van der Waals surface area contributed by atoms with Gasteiger partial charge in [0.1, 0.15) is 12.3 Å². The molecule has 0 radical (unpaired) electrons. The normalized spacial score (nSPS) is 20.2. The van der Waals surface area contributed by atoms with Crippen LogP contribution in [-0.2, 0) is 14.4 Å². The summed E-state index contributed by atoms with van der Waals surface area (Å²) in [5.74, 6) is 1.01. The number of anilines is 2. The third-order valence-electron chi connectivity index (χ3n) is 3.35. The van der Waals surface area contributed by atoms with Gasteiger partial charge in [-0.15, -0.1) is 11.8 Å². The number of fused-ring (bicyclic) bond motifs is 1. The lowest BCUT2D eigenvalue weighted by Gasteiger charge is -2.23. The van der Waals surface area contributed by atoms with Crippen molar-refractivity contribution >= 4 is 40.9 Å². The summed E-state index contributed by atoms with van der Waals surface area (Å²) in [7, 11) is 0. The second-order valence-electron chi connectivity index (χ2n) is 5.08. The molecule has 0 spiro atoms. The monoisotopic (exact) mass is 321 g/mol. The van der Waals surface area contributed by atoms with Gasteiger partial charge in [-0.25, -0.2) is 0 Å². The van der Waals surface area contributed by atoms with Crippen molar-refractivity contribution in [3.63, 3.8) is 0 Å². The topological polar surface area (TPSA) is 87.7 Å². The van der Waals surface area contributed by atoms with E-state index in [9.17, 15) is 14.4 Å². The molecule has 1 aromatic rings. The third-order valence-corrected chi connectivity index (χ3v) is 4.30. The van der Waals surface area contributed by atoms with Gasteiger partial charge in [-0.05, 0) is 25.1 Å². The predicted molar refractivity (Wildman–Crippen MR) is 82.8 cm³/mol. The van der Waals surface area contributed by atoms with E-state index in [1.54, 1.807) is 25.1 Å². The highest BCUT2D eigenvalue weighted by Gasteiger charge is 2.25. The number of amides is 3. The Labute approximate surface area is 131 Å². The molecule has 0 unspecified atom stereocenters. The standard InChI is InChI=1S/C14H15N3O4S/c1-8-14(20)16-10-4-9(2-3-11(10)21-8)15-12(18)5-17-7-22-6-13(17)19/h2-4,8H,5-7H2,1H3,(H,15,18)(H,16,20)/t8-/m1/s1. The van der Waals surface area contributed by atoms with E-state index in [0.717, 1.165) is 0 Å². The quantitative estimate of drug-likeness (QED) is 0.863. The summed E-state index contributed by atoms with van der Waals surface area (Å²) in [4.78, 5) is 36.5. The fourth-order valence-electron chi connectivity index (χ4n) is 2.20. The van der Waals surface area contributed by atoms with Crippen molar-refractivity contribution in [3.8, 4) is 5.75 Å². The van der Waals surface area contributed by atoms with E-state index in [4.69, 9.17) is 4.74 Å². The number of carbonyl (C=O) groups excluding carboxylic acids is 3. The van der Waals surface area contributed by atoms with Crippen molar-refractivity contribution < 1.29 is 19.1 Å². The lowest BCUT2D eigenvalue weighted by molar-refractivity contribution is -0.130. The molecule has 22 heavy (non-hydrogen) atoms. The summed E-state index contributed by atoms with van der Waals surface area (Å²) < 4.78 is 5.45. The number of nitrogens with one attached hydrogen (secondary N) is 2. The predicted octanol–water partition coefficient (Wildman–Crippen LogP) is 0.877. The van der Waals surface area contributed by atoms with Gasteiger partial charge in [-0.2, -0.15) is 0 Å². The Hall–Kier alpha value is -2.22. The van der Waals surface area contributed by atoms with Crippen LogP contribution >= 0.6 is 11.8 Å². The Bertz CT molecular complexity index is 649. The Morgan fingerprint density at radius 2 is 2.32 bits per heavy atom. The van der Waals surface area contributed by atoms with Gasteiger partial charge in [0.05, 0.1) is 17.3 Å². The summed E-state index contributed by atoms with van der Waals surface area (Å²) in [6.45, 7) is 1.70. The van der Waals surface area contributed by atoms with Gasteiger partial charge < -0.3 is 20.3 Å². The van der Waals surface area contributed by atoms with Gasteiger partial charge in [0.2, 0.25) is 11.8 Å². The first-order valence-electron chi connectivity index (χ1n) is 6.80. The molecule has 1 aromatic carbocycles. The molecule has 0 aliphatic carbocycles. The maximum atomic E-state index is 12.0. The first-order valence-corrected chi connectivity index (χ1v) is 7.95. The van der Waals surface area contributed by atoms with Crippen molar-refractivity contribution in [1.29, 1.82) is 0 Å². The molecule has 0 saturated carbocycles. The highest BCUT2D eigenvalue weighted by molar-refractivity contribution is 8.00. The molecule has 2 N–H and O–H groups in total. The molecular weight excluding hydrogens is 306 g/mol. The van der Waals surface area contributed by atoms with E-state index >= 15 is 0 Å². The minimum Gasteiger partial charge on any atom is -0.479 e. The fraction of sp³-hybridized carbons (Fsp3) is 0.357. The van der Waals surface area contributed by atoms with E-state index in [-0.39, 0.29) is 24.3 Å². The molecular formula is C14H15N3O4S. The first kappa shape index (κ1) is 14.7. The number of hydrogen-bond donors (Lipinski definition) is 2. The lowest BCUT2D eigenvalue weighted by atomic mass is 10.2. The van der Waals surface area contributed by atoms with Gasteiger partial charge >= 0.3 is 0 Å². The van der Waals surface area contributed by atoms with Crippen LogP contribution in [0.2, 0.25) is 0 Å². The minimum absolute atomic E-state index is 0.0276. The van der Waals surface area contributed by atoms with Crippen LogP contribution in [0.15, 0.2) is 18.2 Å². The molecule has 0 aromatic heterocycles. The van der Waals surface area contributed by atoms with Crippen molar-refractivity contribution in [2.24, 2.45) is 0 Å². The molecule has 2 aliphatic rings. The number of carbonyl (C=O) groups is 3. The number of hydrogen-bond acceptors (Lipinski definition) is 5. The zero-order chi connectivity index (χ0) is 15.7. The van der Waals surface area contributed by atoms with Crippen molar-refractivity contribution in [3.05, 3.63) is 18.2 Å². The third kappa shape index (κ3) is 3.01. The number of rotatable bonds is 3. The van der Waals surface area contributed by atoms with E-state index < -0.39 is 6.10 Å². The van der Waals surface area contributed by atoms with Crippen LogP contribution in [0.5, 0.6) is 5.75 Å². The molecule has 7 nitrogen and oxygen atoms in total. The van der Waals surface area contributed by atoms with Crippen LogP contribution in [0, 0.1) is 0 Å². The zero-order valence-corrected chi connectivity index (χ0v) is 12.7. The van der Waals surface area contributed by atoms with Crippen molar-refractivity contribution in [2.45, 2.75) is 13.0 Å². The summed E-state index contributed by atoms with van der Waals surface area (Å²) in [6, 6.07) is 5.02. The van der Waals surface area contributed by atoms with Gasteiger partial charge in [-0.3, -0.25) is 14.4 Å². The van der Waals surface area contributed by atoms with Crippen molar-refractivity contribution in [2.75, 3.05) is 28.8 Å². The average Bonchev–Trinajstić information content (AvgIpc) is 2.86. The van der Waals surface area contributed by atoms with Gasteiger partial charge in [0, 0.05) is 5.69 Å². The molecule has 1 saturated heterocycles. The van der Waals surface area contributed by atoms with Crippen LogP contribution in [0.3, 0.4) is 0 Å². The van der Waals surface area contributed by atoms with E-state index in [1.165, 1.54) is 16.7 Å². The number of benzene rings is 1. The van der Waals surface area contributed by atoms with Crippen LogP contribution in [-0.4, -0.2) is 46.9 Å². The Morgan fingerprint density at radius 3 is 3.05 bits per heavy atom. The average molecular weight is 321 g/mol. The van der Waals surface area contributed by atoms with Crippen LogP contribution in [0.4, 0.5) is 11.4 Å². The van der Waals surface area contributed by atoms with Crippen LogP contribution in [0.25, 0.3) is 0 Å². The Kier molecular flexibility index (Phi) is 3.93. The lowest BCUT2D eigenvalue weighted by Crippen LogP contribution is -2.35. The second-order valence-corrected chi connectivity index (χ2v) is 6.03. The molecule has 3 rings (SSSR count). The molecule has 0 bridgehead atoms. The van der Waals surface area contributed by atoms with Crippen LogP contribution in [0.1, 0.15) is 6.92 Å². The molecule has 1 fully saturated rings. The summed E-state index contributed by atoms with van der Waals surface area (Å²) in [6.07, 6.45) is -0.536. The van der Waals surface area contributed by atoms with Gasteiger partial charge in [0.25, 0.3) is 5.91 Å². The van der Waals surface area contributed by atoms with Crippen molar-refractivity contribution in [1.82, 2.24) is 4.90 Å². The first-order chi connectivity index (χ1) is 10.5. The maximum absolute atomic E-state index is 12.0. The molecule has 3 amide bonds. The summed E-state index contributed by atoms with van der Waals surface area (Å²) in [5.41, 5.74) is 1.07. The van der Waals surface area contributed by atoms with E-state index in [0.29, 0.717) is 28.8 Å². The highest BCUT2D eigenvalue weighted by Crippen LogP contribution is 2.32. The smallest absolute Gasteiger partial charge is 0.265 e. The number of nitrogens with zero attached hydrogens (tertiary/aromatic N) is 1. The minimum atomic E-state index is -0.536. The number of ether oxygens (including phenoxy) is 1. The summed E-state index contributed by atoms with van der Waals surface area (Å²) >= 11 is 1.49. The fourth-order valence-corrected chi connectivity index (χ4v) is 3.10. The highest BCUT2D eigenvalue weighted by atomic mass is 32.2. The second kappa shape index (κ2) is 5.88. The Balaban J connectivity index is 1.66. The van der Waals surface area contributed by atoms with E-state index in [2.05, 4.69) is 10.6 Å². The number of thioether (sulfide) groups is 1. The molecule has 2 aliphatic heterocycles. The molecule has 1 atom stereocenters. The van der Waals surface area contributed by atoms with Gasteiger partial charge in [-0.1, -0.05) is 0 Å². The van der Waals surface area contributed by atoms with E-state index in [1.807, 2.05) is 0 Å². The molecule has 8 heteroatoms.